The summed E-state index contributed by atoms with van der Waals surface area (Å²) in [6.45, 7) is 0.663. The molecular formula is C15H15F3N6O2. The van der Waals surface area contributed by atoms with Gasteiger partial charge < -0.3 is 4.74 Å². The minimum atomic E-state index is -4.65. The summed E-state index contributed by atoms with van der Waals surface area (Å²) in [5.74, 6) is -1.32. The maximum absolute atomic E-state index is 12.5. The van der Waals surface area contributed by atoms with Crippen molar-refractivity contribution in [3.05, 3.63) is 35.2 Å². The predicted molar refractivity (Wildman–Crippen MR) is 83.1 cm³/mol. The minimum absolute atomic E-state index is 0.102. The second kappa shape index (κ2) is 6.25. The molecule has 1 saturated heterocycles. The highest BCUT2D eigenvalue weighted by molar-refractivity contribution is 5.93. The summed E-state index contributed by atoms with van der Waals surface area (Å²) in [4.78, 5) is 15.5. The van der Waals surface area contributed by atoms with Gasteiger partial charge in [-0.25, -0.2) is 10.9 Å². The van der Waals surface area contributed by atoms with Crippen LogP contribution in [0.25, 0.3) is 0 Å². The van der Waals surface area contributed by atoms with E-state index in [9.17, 15) is 18.0 Å². The molecule has 4 N–H and O–H groups in total. The molecule has 26 heavy (non-hydrogen) atoms. The molecule has 1 amide bonds. The number of hydrazine groups is 1. The quantitative estimate of drug-likeness (QED) is 0.651. The van der Waals surface area contributed by atoms with Gasteiger partial charge in [-0.05, 0) is 23.6 Å². The van der Waals surface area contributed by atoms with E-state index in [1.807, 2.05) is 18.2 Å². The van der Waals surface area contributed by atoms with Crippen molar-refractivity contribution in [2.24, 2.45) is 0 Å². The van der Waals surface area contributed by atoms with E-state index in [-0.39, 0.29) is 6.04 Å². The monoisotopic (exact) mass is 368 g/mol. The van der Waals surface area contributed by atoms with Crippen molar-refractivity contribution in [2.75, 3.05) is 11.9 Å². The number of aromatic amines is 1. The van der Waals surface area contributed by atoms with Crippen LogP contribution < -0.4 is 20.9 Å². The first-order valence-electron chi connectivity index (χ1n) is 7.97. The highest BCUT2D eigenvalue weighted by Gasteiger charge is 2.36. The number of hydrogen-bond acceptors (Lipinski definition) is 6. The van der Waals surface area contributed by atoms with Crippen molar-refractivity contribution in [3.8, 4) is 5.75 Å². The van der Waals surface area contributed by atoms with Crippen molar-refractivity contribution in [1.82, 2.24) is 26.0 Å². The van der Waals surface area contributed by atoms with Gasteiger partial charge in [0.2, 0.25) is 17.7 Å². The van der Waals surface area contributed by atoms with Crippen LogP contribution in [0.4, 0.5) is 19.1 Å². The van der Waals surface area contributed by atoms with Crippen LogP contribution >= 0.6 is 0 Å². The zero-order valence-electron chi connectivity index (χ0n) is 13.4. The van der Waals surface area contributed by atoms with Crippen LogP contribution in [0.15, 0.2) is 18.2 Å². The molecule has 8 nitrogen and oxygen atoms in total. The van der Waals surface area contributed by atoms with E-state index in [0.717, 1.165) is 23.3 Å². The van der Waals surface area contributed by atoms with Crippen LogP contribution in [-0.4, -0.2) is 33.7 Å². The summed E-state index contributed by atoms with van der Waals surface area (Å²) in [7, 11) is 0. The lowest BCUT2D eigenvalue weighted by Gasteiger charge is -2.11. The number of ether oxygens (including phenoxy) is 1. The van der Waals surface area contributed by atoms with Crippen molar-refractivity contribution in [1.29, 1.82) is 0 Å². The largest absolute Gasteiger partial charge is 0.493 e. The van der Waals surface area contributed by atoms with E-state index in [4.69, 9.17) is 4.74 Å². The Bertz CT molecular complexity index is 837. The third-order valence-electron chi connectivity index (χ3n) is 4.32. The number of nitrogens with one attached hydrogen (secondary N) is 4. The van der Waals surface area contributed by atoms with Crippen LogP contribution in [0.1, 0.15) is 29.4 Å². The number of aromatic nitrogens is 3. The lowest BCUT2D eigenvalue weighted by molar-refractivity contribution is -0.144. The summed E-state index contributed by atoms with van der Waals surface area (Å²) in [6, 6.07) is 5.13. The number of alkyl halides is 3. The Morgan fingerprint density at radius 2 is 2.15 bits per heavy atom. The summed E-state index contributed by atoms with van der Waals surface area (Å²) in [6.07, 6.45) is -3.37. The number of benzene rings is 1. The highest BCUT2D eigenvalue weighted by Crippen LogP contribution is 2.31. The molecule has 2 aliphatic heterocycles. The van der Waals surface area contributed by atoms with Gasteiger partial charge in [0.1, 0.15) is 11.8 Å². The lowest BCUT2D eigenvalue weighted by Crippen LogP contribution is -2.39. The molecule has 2 atom stereocenters. The standard InChI is InChI=1S/C15H15F3N6O2/c16-15(17,18)13-20-14(24-23-13)19-12(25)10-6-9(21-22-10)7-1-2-11-8(5-7)3-4-26-11/h1-2,5,9-10,21-22H,3-4,6H2,(H2,19,20,23,24,25). The zero-order valence-corrected chi connectivity index (χ0v) is 13.4. The van der Waals surface area contributed by atoms with Crippen LogP contribution in [0.2, 0.25) is 0 Å². The number of rotatable bonds is 3. The van der Waals surface area contributed by atoms with E-state index in [2.05, 4.69) is 26.3 Å². The summed E-state index contributed by atoms with van der Waals surface area (Å²) in [5, 5.41) is 7.39. The molecule has 138 valence electrons. The average molecular weight is 368 g/mol. The minimum Gasteiger partial charge on any atom is -0.493 e. The first-order chi connectivity index (χ1) is 12.4. The molecule has 0 bridgehead atoms. The van der Waals surface area contributed by atoms with Gasteiger partial charge in [0.15, 0.2) is 0 Å². The molecule has 0 saturated carbocycles. The maximum atomic E-state index is 12.5. The molecule has 1 aromatic heterocycles. The number of carbonyl (C=O) groups excluding carboxylic acids is 1. The molecule has 2 aromatic rings. The fourth-order valence-corrected chi connectivity index (χ4v) is 3.01. The number of H-pyrrole nitrogens is 1. The van der Waals surface area contributed by atoms with E-state index in [1.165, 1.54) is 0 Å². The molecule has 1 aromatic carbocycles. The van der Waals surface area contributed by atoms with Gasteiger partial charge in [-0.1, -0.05) is 12.1 Å². The van der Waals surface area contributed by atoms with Gasteiger partial charge in [0.05, 0.1) is 6.61 Å². The summed E-state index contributed by atoms with van der Waals surface area (Å²) >= 11 is 0. The molecule has 2 unspecified atom stereocenters. The number of hydrogen-bond donors (Lipinski definition) is 4. The smallest absolute Gasteiger partial charge is 0.451 e. The molecule has 0 radical (unpaired) electrons. The molecule has 4 rings (SSSR count). The second-order valence-electron chi connectivity index (χ2n) is 6.09. The normalized spacial score (nSPS) is 22.1. The van der Waals surface area contributed by atoms with Gasteiger partial charge in [0, 0.05) is 12.5 Å². The first-order valence-corrected chi connectivity index (χ1v) is 7.97. The van der Waals surface area contributed by atoms with Gasteiger partial charge in [-0.2, -0.15) is 18.2 Å². The number of anilines is 1. The molecule has 11 heteroatoms. The van der Waals surface area contributed by atoms with Crippen molar-refractivity contribution in [3.63, 3.8) is 0 Å². The van der Waals surface area contributed by atoms with Crippen LogP contribution in [0.5, 0.6) is 5.75 Å². The SMILES string of the molecule is O=C(Nc1n[nH]c(C(F)(F)F)n1)C1CC(c2ccc3c(c2)CCO3)NN1. The Morgan fingerprint density at radius 1 is 1.31 bits per heavy atom. The van der Waals surface area contributed by atoms with Crippen LogP contribution in [0.3, 0.4) is 0 Å². The van der Waals surface area contributed by atoms with E-state index in [0.29, 0.717) is 13.0 Å². The van der Waals surface area contributed by atoms with E-state index >= 15 is 0 Å². The highest BCUT2D eigenvalue weighted by atomic mass is 19.4. The van der Waals surface area contributed by atoms with E-state index in [1.54, 1.807) is 5.10 Å². The Balaban J connectivity index is 1.39. The van der Waals surface area contributed by atoms with Gasteiger partial charge in [0.25, 0.3) is 0 Å². The Kier molecular flexibility index (Phi) is 4.04. The Labute approximate surface area is 145 Å². The average Bonchev–Trinajstić information content (AvgIpc) is 3.33. The molecule has 2 aliphatic rings. The Morgan fingerprint density at radius 3 is 2.92 bits per heavy atom. The summed E-state index contributed by atoms with van der Waals surface area (Å²) < 4.78 is 43.0. The lowest BCUT2D eigenvalue weighted by atomic mass is 9.99. The van der Waals surface area contributed by atoms with Crippen LogP contribution in [0, 0.1) is 0 Å². The number of fused-ring (bicyclic) bond motifs is 1. The molecule has 1 fully saturated rings. The number of nitrogens with zero attached hydrogens (tertiary/aromatic N) is 2. The van der Waals surface area contributed by atoms with Gasteiger partial charge in [-0.3, -0.25) is 15.2 Å². The second-order valence-corrected chi connectivity index (χ2v) is 6.09. The topological polar surface area (TPSA) is 104 Å². The van der Waals surface area contributed by atoms with Crippen LogP contribution in [-0.2, 0) is 17.4 Å². The third kappa shape index (κ3) is 3.22. The first kappa shape index (κ1) is 16.8. The zero-order chi connectivity index (χ0) is 18.3. The molecule has 0 spiro atoms. The predicted octanol–water partition coefficient (Wildman–Crippen LogP) is 1.30. The third-order valence-corrected chi connectivity index (χ3v) is 4.32. The summed E-state index contributed by atoms with van der Waals surface area (Å²) in [5.41, 5.74) is 8.01. The maximum Gasteiger partial charge on any atom is 0.451 e. The van der Waals surface area contributed by atoms with Crippen molar-refractivity contribution < 1.29 is 22.7 Å². The molecule has 0 aliphatic carbocycles. The Hall–Kier alpha value is -2.66. The molecule has 3 heterocycles. The van der Waals surface area contributed by atoms with Gasteiger partial charge >= 0.3 is 6.18 Å². The van der Waals surface area contributed by atoms with Crippen molar-refractivity contribution in [2.45, 2.75) is 31.1 Å². The van der Waals surface area contributed by atoms with Gasteiger partial charge in [-0.15, -0.1) is 5.10 Å². The van der Waals surface area contributed by atoms with E-state index < -0.39 is 29.9 Å². The molecular weight excluding hydrogens is 353 g/mol. The fraction of sp³-hybridized carbons (Fsp3) is 0.400. The number of carbonyl (C=O) groups is 1. The fourth-order valence-electron chi connectivity index (χ4n) is 3.01. The number of halogens is 3. The number of amides is 1. The van der Waals surface area contributed by atoms with Crippen molar-refractivity contribution >= 4 is 11.9 Å².